The second-order valence-electron chi connectivity index (χ2n) is 13.0. The normalized spacial score (nSPS) is 13.5. The van der Waals surface area contributed by atoms with E-state index in [0.717, 1.165) is 87.6 Å². The monoisotopic (exact) mass is 689 g/mol. The molecule has 256 valence electrons. The fourth-order valence-corrected chi connectivity index (χ4v) is 7.06. The van der Waals surface area contributed by atoms with Gasteiger partial charge in [0.2, 0.25) is 17.4 Å². The van der Waals surface area contributed by atoms with E-state index in [4.69, 9.17) is 24.7 Å². The number of ether oxygens (including phenoxy) is 1. The number of methoxy groups -OCH3 is 1. The van der Waals surface area contributed by atoms with Gasteiger partial charge in [0, 0.05) is 48.7 Å². The van der Waals surface area contributed by atoms with Gasteiger partial charge in [0.25, 0.3) is 12.0 Å². The van der Waals surface area contributed by atoms with Crippen LogP contribution in [0.1, 0.15) is 19.3 Å². The third-order valence-electron chi connectivity index (χ3n) is 9.89. The molecular formula is C37H33N14O+. The van der Waals surface area contributed by atoms with Crippen molar-refractivity contribution in [2.24, 2.45) is 0 Å². The Bertz CT molecular complexity index is 2770. The lowest BCUT2D eigenvalue weighted by Crippen LogP contribution is -2.32. The van der Waals surface area contributed by atoms with Crippen LogP contribution in [0.25, 0.3) is 61.2 Å². The smallest absolute Gasteiger partial charge is 0.279 e. The molecule has 6 aromatic heterocycles. The van der Waals surface area contributed by atoms with Crippen molar-refractivity contribution in [2.75, 3.05) is 37.0 Å². The number of hydrogen-bond donors (Lipinski definition) is 2. The highest BCUT2D eigenvalue weighted by Crippen LogP contribution is 2.31. The molecule has 9 aromatic rings. The summed E-state index contributed by atoms with van der Waals surface area (Å²) >= 11 is 0. The fourth-order valence-electron chi connectivity index (χ4n) is 7.06. The SMILES string of the molecule is COc1ccc(N(C)c2ncc3ncn(-c4ccc5cn[nH]c5c4)c3n2)cc1-[n+]1cn(-c2ccc3cn[nH]c3c2)c2nc(N3CCCCC3)ncc21. The number of nitrogens with one attached hydrogen (secondary N) is 2. The molecular weight excluding hydrogens is 657 g/mol. The maximum absolute atomic E-state index is 5.95. The summed E-state index contributed by atoms with van der Waals surface area (Å²) in [7, 11) is 3.63. The van der Waals surface area contributed by atoms with E-state index in [2.05, 4.69) is 63.7 Å². The second-order valence-corrected chi connectivity index (χ2v) is 13.0. The van der Waals surface area contributed by atoms with E-state index < -0.39 is 0 Å². The number of nitrogens with zero attached hydrogens (tertiary/aromatic N) is 12. The van der Waals surface area contributed by atoms with Crippen molar-refractivity contribution in [1.29, 1.82) is 0 Å². The lowest BCUT2D eigenvalue weighted by atomic mass is 10.1. The van der Waals surface area contributed by atoms with Gasteiger partial charge in [-0.3, -0.25) is 14.8 Å². The van der Waals surface area contributed by atoms with Gasteiger partial charge in [0.15, 0.2) is 17.1 Å². The standard InChI is InChI=1S/C37H33N14O/c1-47(36-38-19-30-34(43-36)49(21-40-30)26-8-6-23-17-41-45-28(23)14-26)25-10-11-33(52-2)31(16-25)51-22-50(27-9-7-24-18-42-46-29(24)15-27)35-32(51)20-39-37(44-35)48-12-4-3-5-13-48/h6-11,14-22H,3-5,12-13H2,1-2H3,(H,41,45)(H,42,46)/q+1. The van der Waals surface area contributed by atoms with Gasteiger partial charge in [-0.25, -0.2) is 15.0 Å². The zero-order valence-corrected chi connectivity index (χ0v) is 28.5. The maximum Gasteiger partial charge on any atom is 0.279 e. The number of benzene rings is 3. The number of H-pyrrole nitrogens is 2. The third kappa shape index (κ3) is 4.88. The molecule has 2 N–H and O–H groups in total. The number of aromatic amines is 2. The summed E-state index contributed by atoms with van der Waals surface area (Å²) in [6.45, 7) is 1.89. The van der Waals surface area contributed by atoms with Crippen LogP contribution in [0.4, 0.5) is 17.6 Å². The van der Waals surface area contributed by atoms with Crippen molar-refractivity contribution in [1.82, 2.24) is 54.4 Å². The van der Waals surface area contributed by atoms with Crippen LogP contribution in [0.2, 0.25) is 0 Å². The van der Waals surface area contributed by atoms with E-state index in [-0.39, 0.29) is 0 Å². The number of anilines is 3. The summed E-state index contributed by atoms with van der Waals surface area (Å²) in [5.74, 6) is 1.94. The molecule has 1 saturated heterocycles. The summed E-state index contributed by atoms with van der Waals surface area (Å²) in [6.07, 6.45) is 14.6. The Labute approximate surface area is 296 Å². The third-order valence-corrected chi connectivity index (χ3v) is 9.89. The van der Waals surface area contributed by atoms with Crippen molar-refractivity contribution < 1.29 is 9.30 Å². The highest BCUT2D eigenvalue weighted by Gasteiger charge is 2.27. The molecule has 0 saturated carbocycles. The molecule has 0 spiro atoms. The van der Waals surface area contributed by atoms with Crippen LogP contribution < -0.4 is 19.1 Å². The van der Waals surface area contributed by atoms with E-state index in [1.807, 2.05) is 65.6 Å². The predicted molar refractivity (Wildman–Crippen MR) is 197 cm³/mol. The molecule has 7 heterocycles. The molecule has 0 radical (unpaired) electrons. The topological polar surface area (TPSA) is 151 Å². The van der Waals surface area contributed by atoms with Gasteiger partial charge in [-0.15, -0.1) is 0 Å². The van der Waals surface area contributed by atoms with E-state index in [1.165, 1.54) is 6.42 Å². The van der Waals surface area contributed by atoms with E-state index >= 15 is 0 Å². The molecule has 0 bridgehead atoms. The highest BCUT2D eigenvalue weighted by atomic mass is 16.5. The molecule has 1 aliphatic rings. The predicted octanol–water partition coefficient (Wildman–Crippen LogP) is 5.35. The van der Waals surface area contributed by atoms with Crippen LogP contribution in [0.3, 0.4) is 0 Å². The Hall–Kier alpha value is -6.90. The molecule has 52 heavy (non-hydrogen) atoms. The van der Waals surface area contributed by atoms with Gasteiger partial charge in [0.1, 0.15) is 17.5 Å². The van der Waals surface area contributed by atoms with Crippen LogP contribution in [0.5, 0.6) is 5.75 Å². The summed E-state index contributed by atoms with van der Waals surface area (Å²) in [5.41, 5.74) is 8.41. The van der Waals surface area contributed by atoms with Crippen molar-refractivity contribution >= 4 is 61.7 Å². The van der Waals surface area contributed by atoms with E-state index in [0.29, 0.717) is 22.9 Å². The summed E-state index contributed by atoms with van der Waals surface area (Å²) in [5, 5.41) is 16.6. The first-order chi connectivity index (χ1) is 25.6. The molecule has 15 heteroatoms. The Morgan fingerprint density at radius 2 is 1.50 bits per heavy atom. The lowest BCUT2D eigenvalue weighted by molar-refractivity contribution is -0.568. The Morgan fingerprint density at radius 3 is 2.25 bits per heavy atom. The van der Waals surface area contributed by atoms with Gasteiger partial charge in [-0.1, -0.05) is 0 Å². The first-order valence-corrected chi connectivity index (χ1v) is 17.2. The summed E-state index contributed by atoms with van der Waals surface area (Å²) in [6, 6.07) is 18.3. The van der Waals surface area contributed by atoms with Gasteiger partial charge in [-0.2, -0.15) is 29.3 Å². The van der Waals surface area contributed by atoms with Crippen LogP contribution in [0.15, 0.2) is 92.0 Å². The molecule has 0 aliphatic carbocycles. The average molecular weight is 690 g/mol. The molecule has 0 atom stereocenters. The zero-order valence-electron chi connectivity index (χ0n) is 28.5. The number of fused-ring (bicyclic) bond motifs is 4. The van der Waals surface area contributed by atoms with Crippen molar-refractivity contribution in [3.63, 3.8) is 0 Å². The molecule has 15 nitrogen and oxygen atoms in total. The first kappa shape index (κ1) is 30.0. The van der Waals surface area contributed by atoms with Gasteiger partial charge < -0.3 is 14.5 Å². The minimum atomic E-state index is 0.516. The number of imidazole rings is 2. The van der Waals surface area contributed by atoms with Crippen LogP contribution in [0, 0.1) is 0 Å². The quantitative estimate of drug-likeness (QED) is 0.210. The molecule has 1 aliphatic heterocycles. The molecule has 0 unspecified atom stereocenters. The number of rotatable bonds is 7. The Balaban J connectivity index is 1.08. The lowest BCUT2D eigenvalue weighted by Gasteiger charge is -2.26. The van der Waals surface area contributed by atoms with E-state index in [1.54, 1.807) is 25.8 Å². The van der Waals surface area contributed by atoms with Gasteiger partial charge in [-0.05, 0) is 61.7 Å². The fraction of sp³-hybridized carbons (Fsp3) is 0.189. The van der Waals surface area contributed by atoms with Crippen LogP contribution in [-0.4, -0.2) is 81.7 Å². The van der Waals surface area contributed by atoms with E-state index in [9.17, 15) is 0 Å². The van der Waals surface area contributed by atoms with Crippen molar-refractivity contribution in [3.8, 4) is 22.8 Å². The van der Waals surface area contributed by atoms with Gasteiger partial charge >= 0.3 is 0 Å². The van der Waals surface area contributed by atoms with Crippen LogP contribution in [-0.2, 0) is 0 Å². The highest BCUT2D eigenvalue weighted by molar-refractivity contribution is 5.83. The molecule has 3 aromatic carbocycles. The summed E-state index contributed by atoms with van der Waals surface area (Å²) in [4.78, 5) is 28.5. The Kier molecular flexibility index (Phi) is 6.84. The zero-order chi connectivity index (χ0) is 34.8. The largest absolute Gasteiger partial charge is 0.492 e. The average Bonchev–Trinajstić information content (AvgIpc) is 4.02. The van der Waals surface area contributed by atoms with Crippen LogP contribution >= 0.6 is 0 Å². The maximum atomic E-state index is 5.95. The molecule has 0 amide bonds. The molecule has 10 rings (SSSR count). The second kappa shape index (κ2) is 11.9. The number of piperidine rings is 1. The number of aromatic nitrogens is 12. The summed E-state index contributed by atoms with van der Waals surface area (Å²) < 4.78 is 12.1. The number of hydrogen-bond acceptors (Lipinski definition) is 10. The minimum absolute atomic E-state index is 0.516. The van der Waals surface area contributed by atoms with Crippen molar-refractivity contribution in [3.05, 3.63) is 92.0 Å². The van der Waals surface area contributed by atoms with Gasteiger partial charge in [0.05, 0.1) is 48.6 Å². The Morgan fingerprint density at radius 1 is 0.750 bits per heavy atom. The minimum Gasteiger partial charge on any atom is -0.492 e. The van der Waals surface area contributed by atoms with Crippen molar-refractivity contribution in [2.45, 2.75) is 19.3 Å². The molecule has 1 fully saturated rings. The first-order valence-electron chi connectivity index (χ1n) is 17.2.